The van der Waals surface area contributed by atoms with Gasteiger partial charge in [-0.15, -0.1) is 0 Å². The van der Waals surface area contributed by atoms with Gasteiger partial charge in [0.15, 0.2) is 0 Å². The predicted octanol–water partition coefficient (Wildman–Crippen LogP) is 4.26. The van der Waals surface area contributed by atoms with E-state index in [0.29, 0.717) is 0 Å². The third kappa shape index (κ3) is 6.54. The molecule has 0 saturated carbocycles. The van der Waals surface area contributed by atoms with Gasteiger partial charge in [0.05, 0.1) is 13.2 Å². The average Bonchev–Trinajstić information content (AvgIpc) is 2.13. The lowest BCUT2D eigenvalue weighted by Crippen LogP contribution is -2.30. The van der Waals surface area contributed by atoms with Crippen LogP contribution in [-0.2, 0) is 13.6 Å². The minimum absolute atomic E-state index is 0.144. The first-order valence-corrected chi connectivity index (χ1v) is 7.57. The molecule has 4 nitrogen and oxygen atoms in total. The highest BCUT2D eigenvalue weighted by Gasteiger charge is 2.54. The van der Waals surface area contributed by atoms with Crippen LogP contribution in [-0.4, -0.2) is 31.4 Å². The molecular formula is C11H21F3NO3P. The van der Waals surface area contributed by atoms with Gasteiger partial charge < -0.3 is 9.05 Å². The number of hydrogen-bond acceptors (Lipinski definition) is 4. The highest BCUT2D eigenvalue weighted by atomic mass is 31.2. The monoisotopic (exact) mass is 303 g/mol. The molecule has 0 heterocycles. The van der Waals surface area contributed by atoms with Crippen molar-refractivity contribution in [3.05, 3.63) is 0 Å². The van der Waals surface area contributed by atoms with Crippen molar-refractivity contribution in [2.45, 2.75) is 46.6 Å². The lowest BCUT2D eigenvalue weighted by Gasteiger charge is -2.25. The molecule has 0 spiro atoms. The molecule has 0 bridgehead atoms. The van der Waals surface area contributed by atoms with Crippen molar-refractivity contribution < 1.29 is 26.8 Å². The van der Waals surface area contributed by atoms with Crippen LogP contribution in [0, 0.1) is 5.41 Å². The Labute approximate surface area is 111 Å². The van der Waals surface area contributed by atoms with Gasteiger partial charge in [0.2, 0.25) is 5.78 Å². The summed E-state index contributed by atoms with van der Waals surface area (Å²) in [6.07, 6.45) is -3.67. The Morgan fingerprint density at radius 1 is 1.16 bits per heavy atom. The fourth-order valence-corrected chi connectivity index (χ4v) is 2.84. The molecule has 0 aliphatic heterocycles. The van der Waals surface area contributed by atoms with Gasteiger partial charge in [-0.05, 0) is 19.3 Å². The molecule has 0 aliphatic carbocycles. The van der Waals surface area contributed by atoms with Gasteiger partial charge >= 0.3 is 13.8 Å². The second-order valence-electron chi connectivity index (χ2n) is 4.93. The summed E-state index contributed by atoms with van der Waals surface area (Å²) in [5.74, 6) is -2.49. The number of halogens is 3. The zero-order valence-corrected chi connectivity index (χ0v) is 12.7. The van der Waals surface area contributed by atoms with Crippen molar-refractivity contribution in [1.82, 2.24) is 0 Å². The summed E-state index contributed by atoms with van der Waals surface area (Å²) in [5.41, 5.74) is -0.563. The summed E-state index contributed by atoms with van der Waals surface area (Å²) in [7, 11) is -4.36. The number of rotatable bonds is 6. The molecule has 0 rings (SSSR count). The Balaban J connectivity index is 5.45. The first-order chi connectivity index (χ1) is 8.46. The largest absolute Gasteiger partial charge is 0.422 e. The van der Waals surface area contributed by atoms with E-state index < -0.39 is 25.0 Å². The van der Waals surface area contributed by atoms with Crippen molar-refractivity contribution >= 4 is 13.8 Å². The standard InChI is InChI=1S/C11H21F3NO3P/c1-6-17-19(16,18-7-2)9(11(12,13)14)15-8-10(3,4)5/h8-9H,6-7H2,1-5H3. The normalized spacial score (nSPS) is 16.0. The van der Waals surface area contributed by atoms with Gasteiger partial charge in [0, 0.05) is 6.21 Å². The number of aliphatic imine (C=N–C) groups is 1. The van der Waals surface area contributed by atoms with Crippen LogP contribution in [0.15, 0.2) is 4.99 Å². The second-order valence-corrected chi connectivity index (χ2v) is 7.02. The van der Waals surface area contributed by atoms with Gasteiger partial charge in [0.1, 0.15) is 0 Å². The van der Waals surface area contributed by atoms with Crippen molar-refractivity contribution in [2.75, 3.05) is 13.2 Å². The quantitative estimate of drug-likeness (QED) is 0.544. The molecule has 0 fully saturated rings. The Morgan fingerprint density at radius 3 is 1.84 bits per heavy atom. The molecule has 0 amide bonds. The SMILES string of the molecule is CCOP(=O)(OCC)C(N=CC(C)(C)C)C(F)(F)F. The van der Waals surface area contributed by atoms with Gasteiger partial charge in [-0.2, -0.15) is 13.2 Å². The lowest BCUT2D eigenvalue weighted by atomic mass is 9.99. The zero-order chi connectivity index (χ0) is 15.3. The average molecular weight is 303 g/mol. The number of nitrogens with zero attached hydrogens (tertiary/aromatic N) is 1. The van der Waals surface area contributed by atoms with Crippen molar-refractivity contribution in [2.24, 2.45) is 10.4 Å². The van der Waals surface area contributed by atoms with Crippen LogP contribution >= 0.6 is 7.60 Å². The van der Waals surface area contributed by atoms with E-state index in [1.54, 1.807) is 20.8 Å². The summed E-state index contributed by atoms with van der Waals surface area (Å²) >= 11 is 0. The summed E-state index contributed by atoms with van der Waals surface area (Å²) in [6.45, 7) is 7.69. The number of hydrogen-bond donors (Lipinski definition) is 0. The summed E-state index contributed by atoms with van der Waals surface area (Å²) in [4.78, 5) is 3.41. The lowest BCUT2D eigenvalue weighted by molar-refractivity contribution is -0.133. The molecule has 19 heavy (non-hydrogen) atoms. The third-order valence-corrected chi connectivity index (χ3v) is 4.07. The van der Waals surface area contributed by atoms with Gasteiger partial charge in [0.25, 0.3) is 0 Å². The maximum Gasteiger partial charge on any atom is 0.422 e. The fraction of sp³-hybridized carbons (Fsp3) is 0.909. The third-order valence-electron chi connectivity index (χ3n) is 1.81. The summed E-state index contributed by atoms with van der Waals surface area (Å²) < 4.78 is 60.6. The van der Waals surface area contributed by atoms with Gasteiger partial charge in [-0.3, -0.25) is 9.56 Å². The van der Waals surface area contributed by atoms with Crippen LogP contribution in [0.1, 0.15) is 34.6 Å². The van der Waals surface area contributed by atoms with Crippen molar-refractivity contribution in [3.63, 3.8) is 0 Å². The smallest absolute Gasteiger partial charge is 0.307 e. The molecule has 1 atom stereocenters. The van der Waals surface area contributed by atoms with E-state index in [2.05, 4.69) is 4.99 Å². The Bertz CT molecular complexity index is 340. The molecule has 0 aliphatic rings. The van der Waals surface area contributed by atoms with Crippen LogP contribution in [0.2, 0.25) is 0 Å². The van der Waals surface area contributed by atoms with Crippen LogP contribution in [0.25, 0.3) is 0 Å². The minimum Gasteiger partial charge on any atom is -0.307 e. The molecule has 0 aromatic carbocycles. The van der Waals surface area contributed by atoms with E-state index in [9.17, 15) is 17.7 Å². The number of alkyl halides is 3. The van der Waals surface area contributed by atoms with E-state index in [-0.39, 0.29) is 13.2 Å². The maximum atomic E-state index is 13.0. The summed E-state index contributed by atoms with van der Waals surface area (Å²) in [6, 6.07) is 0. The molecule has 1 unspecified atom stereocenters. The predicted molar refractivity (Wildman–Crippen MR) is 68.6 cm³/mol. The first kappa shape index (κ1) is 18.6. The molecule has 114 valence electrons. The van der Waals surface area contributed by atoms with E-state index in [1.807, 2.05) is 0 Å². The van der Waals surface area contributed by atoms with Crippen LogP contribution < -0.4 is 0 Å². The van der Waals surface area contributed by atoms with Crippen LogP contribution in [0.3, 0.4) is 0 Å². The zero-order valence-electron chi connectivity index (χ0n) is 11.8. The Hall–Kier alpha value is -0.390. The molecule has 8 heteroatoms. The van der Waals surface area contributed by atoms with E-state index in [4.69, 9.17) is 9.05 Å². The maximum absolute atomic E-state index is 13.0. The molecule has 0 aromatic heterocycles. The molecule has 0 N–H and O–H groups in total. The fourth-order valence-electron chi connectivity index (χ4n) is 1.18. The minimum atomic E-state index is -4.79. The van der Waals surface area contributed by atoms with Gasteiger partial charge in [-0.25, -0.2) is 0 Å². The Morgan fingerprint density at radius 2 is 1.58 bits per heavy atom. The van der Waals surface area contributed by atoms with E-state index in [0.717, 1.165) is 6.21 Å². The molecule has 0 saturated heterocycles. The Kier molecular flexibility index (Phi) is 6.72. The highest BCUT2D eigenvalue weighted by Crippen LogP contribution is 2.58. The molecule has 0 radical (unpaired) electrons. The van der Waals surface area contributed by atoms with Crippen molar-refractivity contribution in [1.29, 1.82) is 0 Å². The van der Waals surface area contributed by atoms with E-state index >= 15 is 0 Å². The second kappa shape index (κ2) is 6.86. The van der Waals surface area contributed by atoms with E-state index in [1.165, 1.54) is 13.8 Å². The van der Waals surface area contributed by atoms with Crippen molar-refractivity contribution in [3.8, 4) is 0 Å². The van der Waals surface area contributed by atoms with Gasteiger partial charge in [-0.1, -0.05) is 20.8 Å². The first-order valence-electron chi connectivity index (χ1n) is 5.96. The highest BCUT2D eigenvalue weighted by molar-refractivity contribution is 7.54. The summed E-state index contributed by atoms with van der Waals surface area (Å²) in [5, 5.41) is 0. The van der Waals surface area contributed by atoms with Crippen LogP contribution in [0.5, 0.6) is 0 Å². The van der Waals surface area contributed by atoms with Crippen LogP contribution in [0.4, 0.5) is 13.2 Å². The molecule has 0 aromatic rings. The molecular weight excluding hydrogens is 282 g/mol. The topological polar surface area (TPSA) is 47.9 Å².